The molecule has 2 N–H and O–H groups in total. The number of nitrogens with zero attached hydrogens (tertiary/aromatic N) is 8. The van der Waals surface area contributed by atoms with Crippen LogP contribution in [0, 0.1) is 12.7 Å². The summed E-state index contributed by atoms with van der Waals surface area (Å²) in [6, 6.07) is 6.83. The normalized spacial score (nSPS) is 16.0. The minimum atomic E-state index is -0.490. The number of halogens is 1. The lowest BCUT2D eigenvalue weighted by Crippen LogP contribution is -2.49. The van der Waals surface area contributed by atoms with E-state index >= 15 is 4.39 Å². The molecule has 11 nitrogen and oxygen atoms in total. The van der Waals surface area contributed by atoms with Crippen molar-refractivity contribution < 1.29 is 9.13 Å². The molecule has 0 spiro atoms. The van der Waals surface area contributed by atoms with E-state index in [1.54, 1.807) is 35.1 Å². The molecule has 6 rings (SSSR count). The van der Waals surface area contributed by atoms with E-state index in [2.05, 4.69) is 47.5 Å². The Hall–Kier alpha value is -4.45. The van der Waals surface area contributed by atoms with E-state index in [0.717, 1.165) is 25.2 Å². The molecule has 0 saturated carbocycles. The predicted octanol–water partition coefficient (Wildman–Crippen LogP) is 3.24. The summed E-state index contributed by atoms with van der Waals surface area (Å²) in [5, 5.41) is 10.6. The molecule has 1 atom stereocenters. The Morgan fingerprint density at radius 3 is 2.94 bits per heavy atom. The van der Waals surface area contributed by atoms with Crippen LogP contribution in [0.1, 0.15) is 12.5 Å². The van der Waals surface area contributed by atoms with Gasteiger partial charge in [-0.15, -0.1) is 0 Å². The summed E-state index contributed by atoms with van der Waals surface area (Å²) in [5.41, 5.74) is 2.72. The van der Waals surface area contributed by atoms with Crippen molar-refractivity contribution in [3.63, 3.8) is 0 Å². The molecule has 4 aromatic heterocycles. The first-order valence-electron chi connectivity index (χ1n) is 11.5. The maximum Gasteiger partial charge on any atom is 0.226 e. The van der Waals surface area contributed by atoms with E-state index < -0.39 is 5.82 Å². The number of hydrogen-bond acceptors (Lipinski definition) is 10. The van der Waals surface area contributed by atoms with E-state index in [1.807, 2.05) is 6.92 Å². The van der Waals surface area contributed by atoms with E-state index in [4.69, 9.17) is 9.72 Å². The van der Waals surface area contributed by atoms with Gasteiger partial charge in [-0.3, -0.25) is 0 Å². The second-order valence-electron chi connectivity index (χ2n) is 8.68. The topological polar surface area (TPSA) is 118 Å². The third-order valence-corrected chi connectivity index (χ3v) is 6.01. The second-order valence-corrected chi connectivity index (χ2v) is 8.68. The van der Waals surface area contributed by atoms with Crippen LogP contribution < -0.4 is 20.3 Å². The van der Waals surface area contributed by atoms with Gasteiger partial charge in [0.25, 0.3) is 0 Å². The Labute approximate surface area is 205 Å². The standard InChI is InChI=1S/C24H23FN10O/c1-14-7-18(17(25)9-20(14)36-16-3-5-35-21(8-16)29-13-31-35)32-23-22-19(28-12-30-23)10-27-24(33-22)34-6-4-26-15(2)11-34/h3,5,7-10,12-13,15,26H,4,6,11H2,1-2H3,(H,28,30,32)/t15-/m0/s1. The number of benzene rings is 1. The zero-order chi connectivity index (χ0) is 24.6. The number of aromatic nitrogens is 7. The van der Waals surface area contributed by atoms with Crippen molar-refractivity contribution in [3.05, 3.63) is 60.7 Å². The number of nitrogens with one attached hydrogen (secondary N) is 2. The summed E-state index contributed by atoms with van der Waals surface area (Å²) in [6.45, 7) is 6.41. The van der Waals surface area contributed by atoms with Gasteiger partial charge in [0.1, 0.15) is 41.0 Å². The Morgan fingerprint density at radius 2 is 2.06 bits per heavy atom. The average molecular weight is 487 g/mol. The molecule has 182 valence electrons. The van der Waals surface area contributed by atoms with Gasteiger partial charge in [0.15, 0.2) is 11.5 Å². The van der Waals surface area contributed by atoms with Crippen molar-refractivity contribution in [1.29, 1.82) is 0 Å². The van der Waals surface area contributed by atoms with Crippen molar-refractivity contribution in [3.8, 4) is 11.5 Å². The van der Waals surface area contributed by atoms with Gasteiger partial charge < -0.3 is 20.3 Å². The number of hydrogen-bond donors (Lipinski definition) is 2. The van der Waals surface area contributed by atoms with Gasteiger partial charge in [-0.05, 0) is 31.5 Å². The molecule has 1 aliphatic heterocycles. The van der Waals surface area contributed by atoms with Gasteiger partial charge in [0, 0.05) is 44.0 Å². The number of rotatable bonds is 5. The van der Waals surface area contributed by atoms with E-state index in [9.17, 15) is 0 Å². The molecule has 1 saturated heterocycles. The van der Waals surface area contributed by atoms with Gasteiger partial charge in [0.05, 0.1) is 11.9 Å². The molecule has 0 amide bonds. The van der Waals surface area contributed by atoms with Crippen LogP contribution in [0.2, 0.25) is 0 Å². The van der Waals surface area contributed by atoms with Crippen molar-refractivity contribution in [2.45, 2.75) is 19.9 Å². The third kappa shape index (κ3) is 4.22. The van der Waals surface area contributed by atoms with Gasteiger partial charge >= 0.3 is 0 Å². The zero-order valence-electron chi connectivity index (χ0n) is 19.7. The Balaban J connectivity index is 1.29. The van der Waals surface area contributed by atoms with Crippen molar-refractivity contribution in [2.75, 3.05) is 29.9 Å². The largest absolute Gasteiger partial charge is 0.457 e. The van der Waals surface area contributed by atoms with Crippen LogP contribution in [-0.4, -0.2) is 60.2 Å². The average Bonchev–Trinajstić information content (AvgIpc) is 3.35. The highest BCUT2D eigenvalue weighted by Crippen LogP contribution is 2.32. The zero-order valence-corrected chi connectivity index (χ0v) is 19.7. The number of fused-ring (bicyclic) bond motifs is 2. The summed E-state index contributed by atoms with van der Waals surface area (Å²) in [6.07, 6.45) is 6.27. The van der Waals surface area contributed by atoms with Gasteiger partial charge in [-0.1, -0.05) is 0 Å². The molecule has 0 radical (unpaired) electrons. The highest BCUT2D eigenvalue weighted by molar-refractivity contribution is 5.87. The molecular weight excluding hydrogens is 463 g/mol. The summed E-state index contributed by atoms with van der Waals surface area (Å²) >= 11 is 0. The first-order chi connectivity index (χ1) is 17.5. The van der Waals surface area contributed by atoms with Crippen molar-refractivity contribution in [2.24, 2.45) is 0 Å². The fraction of sp³-hybridized carbons (Fsp3) is 0.250. The van der Waals surface area contributed by atoms with E-state index in [-0.39, 0.29) is 5.69 Å². The first-order valence-corrected chi connectivity index (χ1v) is 11.5. The minimum absolute atomic E-state index is 0.253. The summed E-state index contributed by atoms with van der Waals surface area (Å²) in [4.78, 5) is 24.1. The maximum atomic E-state index is 15.2. The number of ether oxygens (including phenoxy) is 1. The number of piperazine rings is 1. The molecular formula is C24H23FN10O. The van der Waals surface area contributed by atoms with E-state index in [1.165, 1.54) is 18.7 Å². The Kier molecular flexibility index (Phi) is 5.49. The summed E-state index contributed by atoms with van der Waals surface area (Å²) < 4.78 is 22.7. The second kappa shape index (κ2) is 8.96. The highest BCUT2D eigenvalue weighted by atomic mass is 19.1. The third-order valence-electron chi connectivity index (χ3n) is 6.01. The predicted molar refractivity (Wildman–Crippen MR) is 132 cm³/mol. The summed E-state index contributed by atoms with van der Waals surface area (Å²) in [7, 11) is 0. The lowest BCUT2D eigenvalue weighted by Gasteiger charge is -2.31. The van der Waals surface area contributed by atoms with Gasteiger partial charge in [-0.25, -0.2) is 33.8 Å². The van der Waals surface area contributed by atoms with E-state index in [0.29, 0.717) is 46.0 Å². The minimum Gasteiger partial charge on any atom is -0.457 e. The molecule has 12 heteroatoms. The highest BCUT2D eigenvalue weighted by Gasteiger charge is 2.20. The SMILES string of the molecule is Cc1cc(Nc2ncnc3cnc(N4CCN[C@@H](C)C4)nc23)c(F)cc1Oc1ccn2ncnc2c1. The lowest BCUT2D eigenvalue weighted by molar-refractivity contribution is 0.473. The number of pyridine rings is 1. The molecule has 5 heterocycles. The number of anilines is 3. The van der Waals surface area contributed by atoms with Crippen LogP contribution in [0.15, 0.2) is 49.3 Å². The van der Waals surface area contributed by atoms with Crippen LogP contribution in [0.25, 0.3) is 16.7 Å². The first kappa shape index (κ1) is 22.0. The molecule has 0 unspecified atom stereocenters. The molecule has 1 fully saturated rings. The van der Waals surface area contributed by atoms with Crippen LogP contribution in [0.3, 0.4) is 0 Å². The fourth-order valence-corrected chi connectivity index (χ4v) is 4.19. The molecule has 5 aromatic rings. The quantitative estimate of drug-likeness (QED) is 0.383. The smallest absolute Gasteiger partial charge is 0.226 e. The van der Waals surface area contributed by atoms with Crippen LogP contribution >= 0.6 is 0 Å². The molecule has 0 aliphatic carbocycles. The van der Waals surface area contributed by atoms with Gasteiger partial charge in [0.2, 0.25) is 5.95 Å². The molecule has 0 bridgehead atoms. The number of aryl methyl sites for hydroxylation is 1. The van der Waals surface area contributed by atoms with Gasteiger partial charge in [-0.2, -0.15) is 5.10 Å². The molecule has 1 aromatic carbocycles. The Bertz CT molecular complexity index is 1570. The lowest BCUT2D eigenvalue weighted by atomic mass is 10.2. The molecule has 36 heavy (non-hydrogen) atoms. The summed E-state index contributed by atoms with van der Waals surface area (Å²) in [5.74, 6) is 1.43. The molecule has 1 aliphatic rings. The van der Waals surface area contributed by atoms with Crippen molar-refractivity contribution in [1.82, 2.24) is 39.9 Å². The van der Waals surface area contributed by atoms with Crippen LogP contribution in [-0.2, 0) is 0 Å². The van der Waals surface area contributed by atoms with Crippen molar-refractivity contribution >= 4 is 34.1 Å². The van der Waals surface area contributed by atoms with Crippen LogP contribution in [0.5, 0.6) is 11.5 Å². The monoisotopic (exact) mass is 486 g/mol. The Morgan fingerprint density at radius 1 is 1.14 bits per heavy atom. The van der Waals surface area contributed by atoms with Crippen LogP contribution in [0.4, 0.5) is 21.8 Å². The maximum absolute atomic E-state index is 15.2. The fourth-order valence-electron chi connectivity index (χ4n) is 4.19.